The molecule has 0 aromatic carbocycles. The van der Waals surface area contributed by atoms with Gasteiger partial charge < -0.3 is 10.6 Å². The highest BCUT2D eigenvalue weighted by molar-refractivity contribution is 7.15. The first-order valence-electron chi connectivity index (χ1n) is 4.85. The van der Waals surface area contributed by atoms with Crippen LogP contribution in [-0.2, 0) is 13.0 Å². The van der Waals surface area contributed by atoms with Gasteiger partial charge in [-0.15, -0.1) is 11.3 Å². The first-order valence-corrected chi connectivity index (χ1v) is 5.67. The molecule has 0 spiro atoms. The van der Waals surface area contributed by atoms with Crippen LogP contribution in [0.2, 0.25) is 0 Å². The maximum Gasteiger partial charge on any atom is 0.207 e. The zero-order chi connectivity index (χ0) is 11.5. The van der Waals surface area contributed by atoms with Crippen LogP contribution in [0.25, 0.3) is 0 Å². The number of nitriles is 1. The first kappa shape index (κ1) is 10.7. The molecule has 0 aliphatic carbocycles. The molecule has 3 N–H and O–H groups in total. The van der Waals surface area contributed by atoms with E-state index in [4.69, 9.17) is 11.0 Å². The van der Waals surface area contributed by atoms with Crippen molar-refractivity contribution in [1.82, 2.24) is 15.2 Å². The molecule has 0 saturated carbocycles. The third-order valence-corrected chi connectivity index (χ3v) is 3.34. The van der Waals surface area contributed by atoms with Gasteiger partial charge in [-0.25, -0.2) is 4.98 Å². The molecule has 1 aromatic rings. The van der Waals surface area contributed by atoms with Gasteiger partial charge in [-0.3, -0.25) is 10.3 Å². The van der Waals surface area contributed by atoms with E-state index < -0.39 is 0 Å². The molecular formula is C9H12N6S. The molecule has 0 saturated heterocycles. The van der Waals surface area contributed by atoms with Crippen molar-refractivity contribution < 1.29 is 0 Å². The molecule has 16 heavy (non-hydrogen) atoms. The van der Waals surface area contributed by atoms with Crippen LogP contribution in [0.3, 0.4) is 0 Å². The highest BCUT2D eigenvalue weighted by Crippen LogP contribution is 2.26. The molecule has 0 bridgehead atoms. The number of aromatic nitrogens is 1. The van der Waals surface area contributed by atoms with Gasteiger partial charge >= 0.3 is 0 Å². The van der Waals surface area contributed by atoms with Gasteiger partial charge in [0.05, 0.1) is 12.2 Å². The van der Waals surface area contributed by atoms with E-state index in [-0.39, 0.29) is 0 Å². The Morgan fingerprint density at radius 2 is 2.56 bits per heavy atom. The minimum Gasteiger partial charge on any atom is -0.375 e. The smallest absolute Gasteiger partial charge is 0.207 e. The third-order valence-electron chi connectivity index (χ3n) is 2.43. The highest BCUT2D eigenvalue weighted by atomic mass is 32.1. The molecule has 0 unspecified atom stereocenters. The fourth-order valence-corrected chi connectivity index (χ4v) is 2.62. The summed E-state index contributed by atoms with van der Waals surface area (Å²) in [4.78, 5) is 11.5. The molecule has 0 fully saturated rings. The predicted molar refractivity (Wildman–Crippen MR) is 62.7 cm³/mol. The molecule has 1 aliphatic rings. The van der Waals surface area contributed by atoms with E-state index >= 15 is 0 Å². The van der Waals surface area contributed by atoms with Gasteiger partial charge in [-0.1, -0.05) is 0 Å². The number of nitrogen functional groups attached to an aromatic ring is 1. The lowest BCUT2D eigenvalue weighted by Gasteiger charge is -2.27. The number of hydrogen-bond acceptors (Lipinski definition) is 5. The lowest BCUT2D eigenvalue weighted by molar-refractivity contribution is 0.386. The number of hydrogen-bond donors (Lipinski definition) is 2. The van der Waals surface area contributed by atoms with E-state index in [1.165, 1.54) is 11.3 Å². The number of fused-ring (bicyclic) bond motifs is 1. The van der Waals surface area contributed by atoms with Crippen LogP contribution < -0.4 is 11.1 Å². The summed E-state index contributed by atoms with van der Waals surface area (Å²) in [5.74, 6) is 0.597. The van der Waals surface area contributed by atoms with Gasteiger partial charge in [0.1, 0.15) is 0 Å². The van der Waals surface area contributed by atoms with Crippen LogP contribution in [0.5, 0.6) is 0 Å². The van der Waals surface area contributed by atoms with Crippen molar-refractivity contribution in [2.75, 3.05) is 19.3 Å². The van der Waals surface area contributed by atoms with E-state index in [1.807, 2.05) is 11.1 Å². The fourth-order valence-electron chi connectivity index (χ4n) is 1.72. The summed E-state index contributed by atoms with van der Waals surface area (Å²) in [5.41, 5.74) is 6.74. The number of aliphatic imine (C=N–C) groups is 1. The number of thiazole rings is 1. The summed E-state index contributed by atoms with van der Waals surface area (Å²) < 4.78 is 0. The van der Waals surface area contributed by atoms with Crippen LogP contribution in [-0.4, -0.2) is 29.4 Å². The minimum absolute atomic E-state index is 0.597. The quantitative estimate of drug-likeness (QED) is 0.289. The topological polar surface area (TPSA) is 90.3 Å². The molecule has 84 valence electrons. The Kier molecular flexibility index (Phi) is 2.92. The van der Waals surface area contributed by atoms with Crippen molar-refractivity contribution in [2.24, 2.45) is 4.99 Å². The molecule has 1 aromatic heterocycles. The average Bonchev–Trinajstić information content (AvgIpc) is 2.64. The summed E-state index contributed by atoms with van der Waals surface area (Å²) in [7, 11) is 1.66. The fraction of sp³-hybridized carbons (Fsp3) is 0.444. The average molecular weight is 236 g/mol. The molecule has 7 heteroatoms. The number of rotatable bonds is 0. The molecule has 0 amide bonds. The van der Waals surface area contributed by atoms with Crippen molar-refractivity contribution in [3.05, 3.63) is 10.6 Å². The zero-order valence-electron chi connectivity index (χ0n) is 8.90. The van der Waals surface area contributed by atoms with Gasteiger partial charge in [0.25, 0.3) is 0 Å². The van der Waals surface area contributed by atoms with Crippen molar-refractivity contribution in [3.63, 3.8) is 0 Å². The number of guanidine groups is 1. The van der Waals surface area contributed by atoms with E-state index in [1.54, 1.807) is 7.05 Å². The normalized spacial score (nSPS) is 15.5. The largest absolute Gasteiger partial charge is 0.375 e. The van der Waals surface area contributed by atoms with Gasteiger partial charge in [0.2, 0.25) is 5.96 Å². The molecular weight excluding hydrogens is 224 g/mol. The van der Waals surface area contributed by atoms with Gasteiger partial charge in [0, 0.05) is 24.9 Å². The predicted octanol–water partition coefficient (Wildman–Crippen LogP) is 0.140. The van der Waals surface area contributed by atoms with E-state index in [0.717, 1.165) is 23.5 Å². The Bertz CT molecular complexity index is 457. The highest BCUT2D eigenvalue weighted by Gasteiger charge is 2.22. The van der Waals surface area contributed by atoms with Crippen molar-refractivity contribution >= 4 is 22.4 Å². The van der Waals surface area contributed by atoms with Crippen LogP contribution in [0, 0.1) is 11.5 Å². The summed E-state index contributed by atoms with van der Waals surface area (Å²) in [6, 6.07) is 0. The molecule has 0 radical (unpaired) electrons. The van der Waals surface area contributed by atoms with E-state index in [0.29, 0.717) is 17.6 Å². The summed E-state index contributed by atoms with van der Waals surface area (Å²) in [6.45, 7) is 1.52. The Labute approximate surface area is 97.4 Å². The van der Waals surface area contributed by atoms with Crippen molar-refractivity contribution in [3.8, 4) is 6.19 Å². The molecule has 2 rings (SSSR count). The molecule has 1 aliphatic heterocycles. The Balaban J connectivity index is 2.16. The maximum absolute atomic E-state index is 8.60. The number of nitrogens with one attached hydrogen (secondary N) is 1. The van der Waals surface area contributed by atoms with E-state index in [9.17, 15) is 0 Å². The number of nitrogens with two attached hydrogens (primary N) is 1. The maximum atomic E-state index is 8.60. The number of nitrogens with zero attached hydrogens (tertiary/aromatic N) is 4. The zero-order valence-corrected chi connectivity index (χ0v) is 9.71. The second-order valence-corrected chi connectivity index (χ2v) is 4.49. The van der Waals surface area contributed by atoms with Crippen LogP contribution in [0.1, 0.15) is 10.6 Å². The molecule has 2 heterocycles. The Morgan fingerprint density at radius 3 is 3.25 bits per heavy atom. The first-order chi connectivity index (χ1) is 7.74. The van der Waals surface area contributed by atoms with Crippen LogP contribution in [0.4, 0.5) is 5.13 Å². The Morgan fingerprint density at radius 1 is 1.75 bits per heavy atom. The lowest BCUT2D eigenvalue weighted by atomic mass is 10.2. The van der Waals surface area contributed by atoms with Gasteiger partial charge in [-0.2, -0.15) is 5.26 Å². The van der Waals surface area contributed by atoms with Gasteiger partial charge in [-0.05, 0) is 0 Å². The third kappa shape index (κ3) is 1.92. The van der Waals surface area contributed by atoms with Crippen LogP contribution in [0.15, 0.2) is 4.99 Å². The second-order valence-electron chi connectivity index (χ2n) is 3.38. The van der Waals surface area contributed by atoms with Crippen LogP contribution >= 0.6 is 11.3 Å². The SMILES string of the molecule is CN=C(NC#N)N1CCc2nc(N)sc2C1. The minimum atomic E-state index is 0.597. The Hall–Kier alpha value is -1.81. The summed E-state index contributed by atoms with van der Waals surface area (Å²) >= 11 is 1.50. The summed E-state index contributed by atoms with van der Waals surface area (Å²) in [5, 5.41) is 11.8. The number of anilines is 1. The van der Waals surface area contributed by atoms with E-state index in [2.05, 4.69) is 15.3 Å². The van der Waals surface area contributed by atoms with Crippen molar-refractivity contribution in [1.29, 1.82) is 5.26 Å². The molecule has 6 nitrogen and oxygen atoms in total. The standard InChI is InChI=1S/C9H12N6S/c1-12-9(13-5-10)15-3-2-6-7(4-15)16-8(11)14-6/h2-4H2,1H3,(H2,11,14)(H,12,13). The summed E-state index contributed by atoms with van der Waals surface area (Å²) in [6.07, 6.45) is 2.73. The molecule has 0 atom stereocenters. The second kappa shape index (κ2) is 4.37. The van der Waals surface area contributed by atoms with Gasteiger partial charge in [0.15, 0.2) is 11.3 Å². The monoisotopic (exact) mass is 236 g/mol. The lowest BCUT2D eigenvalue weighted by Crippen LogP contribution is -2.42. The van der Waals surface area contributed by atoms with Crippen molar-refractivity contribution in [2.45, 2.75) is 13.0 Å².